The van der Waals surface area contributed by atoms with Gasteiger partial charge in [-0.25, -0.2) is 4.39 Å². The van der Waals surface area contributed by atoms with Crippen LogP contribution in [0.15, 0.2) is 35.3 Å². The molecule has 4 rings (SSSR count). The van der Waals surface area contributed by atoms with E-state index in [-0.39, 0.29) is 30.1 Å². The maximum Gasteiger partial charge on any atom is 0.272 e. The third kappa shape index (κ3) is 4.91. The Morgan fingerprint density at radius 1 is 1.27 bits per heavy atom. The molecule has 33 heavy (non-hydrogen) atoms. The van der Waals surface area contributed by atoms with Crippen molar-refractivity contribution < 1.29 is 23.8 Å². The van der Waals surface area contributed by atoms with E-state index in [9.17, 15) is 23.9 Å². The number of amides is 2. The van der Waals surface area contributed by atoms with Crippen molar-refractivity contribution in [2.45, 2.75) is 32.2 Å². The van der Waals surface area contributed by atoms with Gasteiger partial charge in [-0.05, 0) is 31.5 Å². The quantitative estimate of drug-likeness (QED) is 0.605. The number of fused-ring (bicyclic) bond motifs is 1. The summed E-state index contributed by atoms with van der Waals surface area (Å²) in [5, 5.41) is 12.8. The molecule has 3 heterocycles. The number of carbonyl (C=O) groups is 2. The first kappa shape index (κ1) is 22.9. The average Bonchev–Trinajstić information content (AvgIpc) is 3.07. The fourth-order valence-corrected chi connectivity index (χ4v) is 3.91. The van der Waals surface area contributed by atoms with Crippen LogP contribution in [0.4, 0.5) is 15.8 Å². The molecule has 1 aromatic heterocycles. The van der Waals surface area contributed by atoms with Crippen molar-refractivity contribution in [1.82, 2.24) is 9.88 Å². The number of nitrogens with zero attached hydrogens (tertiary/aromatic N) is 2. The Bertz CT molecular complexity index is 1120. The van der Waals surface area contributed by atoms with E-state index in [0.29, 0.717) is 48.8 Å². The lowest BCUT2D eigenvalue weighted by molar-refractivity contribution is -0.0159. The summed E-state index contributed by atoms with van der Waals surface area (Å²) < 4.78 is 19.9. The molecule has 2 aromatic rings. The normalized spacial score (nSPS) is 17.2. The summed E-state index contributed by atoms with van der Waals surface area (Å²) in [6, 6.07) is 5.95. The zero-order valence-electron chi connectivity index (χ0n) is 18.6. The monoisotopic (exact) mass is 458 g/mol. The van der Waals surface area contributed by atoms with E-state index in [1.165, 1.54) is 37.1 Å². The van der Waals surface area contributed by atoms with Crippen LogP contribution >= 0.6 is 0 Å². The number of carbonyl (C=O) groups excluding carboxylic acids is 2. The lowest BCUT2D eigenvalue weighted by Gasteiger charge is -2.31. The first-order valence-electron chi connectivity index (χ1n) is 10.8. The number of halogens is 1. The van der Waals surface area contributed by atoms with Gasteiger partial charge < -0.3 is 29.9 Å². The highest BCUT2D eigenvalue weighted by Crippen LogP contribution is 2.35. The summed E-state index contributed by atoms with van der Waals surface area (Å²) in [7, 11) is 0. The standard InChI is InChI=1S/C23H27FN4O5/c1-23(2,32)20(24)13-28-12-14-9-17(26-21(30)18-10-15(29)3-4-25-18)19(11-16(14)22(28)31)27-5-7-33-8-6-27/h3-4,9-11,20,32H,5-8,12-13H2,1-2H3,(H,25,29)(H,26,30). The molecule has 3 N–H and O–H groups in total. The van der Waals surface area contributed by atoms with Gasteiger partial charge in [-0.3, -0.25) is 14.4 Å². The van der Waals surface area contributed by atoms with Crippen LogP contribution in [-0.4, -0.2) is 71.4 Å². The molecule has 0 bridgehead atoms. The van der Waals surface area contributed by atoms with Crippen molar-refractivity contribution in [2.75, 3.05) is 43.1 Å². The Morgan fingerprint density at radius 3 is 2.67 bits per heavy atom. The number of ether oxygens (including phenoxy) is 1. The fourth-order valence-electron chi connectivity index (χ4n) is 3.91. The van der Waals surface area contributed by atoms with Crippen LogP contribution < -0.4 is 15.6 Å². The van der Waals surface area contributed by atoms with Gasteiger partial charge in [0, 0.05) is 43.5 Å². The van der Waals surface area contributed by atoms with Crippen molar-refractivity contribution in [3.63, 3.8) is 0 Å². The molecule has 0 saturated carbocycles. The van der Waals surface area contributed by atoms with Gasteiger partial charge in [0.1, 0.15) is 11.9 Å². The van der Waals surface area contributed by atoms with Crippen molar-refractivity contribution in [1.29, 1.82) is 0 Å². The van der Waals surface area contributed by atoms with Gasteiger partial charge in [-0.1, -0.05) is 0 Å². The average molecular weight is 458 g/mol. The molecule has 2 aliphatic heterocycles. The zero-order valence-corrected chi connectivity index (χ0v) is 18.6. The highest BCUT2D eigenvalue weighted by atomic mass is 19.1. The number of alkyl halides is 1. The van der Waals surface area contributed by atoms with E-state index in [0.717, 1.165) is 0 Å². The molecule has 9 nitrogen and oxygen atoms in total. The maximum absolute atomic E-state index is 14.4. The number of benzene rings is 1. The van der Waals surface area contributed by atoms with Crippen molar-refractivity contribution in [2.24, 2.45) is 0 Å². The highest BCUT2D eigenvalue weighted by molar-refractivity contribution is 6.06. The van der Waals surface area contributed by atoms with Crippen molar-refractivity contribution >= 4 is 23.2 Å². The topological polar surface area (TPSA) is 115 Å². The largest absolute Gasteiger partial charge is 0.387 e. The van der Waals surface area contributed by atoms with Crippen LogP contribution in [0.5, 0.6) is 0 Å². The molecule has 10 heteroatoms. The number of pyridine rings is 1. The molecule has 0 spiro atoms. The molecule has 1 atom stereocenters. The first-order chi connectivity index (χ1) is 15.6. The highest BCUT2D eigenvalue weighted by Gasteiger charge is 2.35. The number of morpholine rings is 1. The summed E-state index contributed by atoms with van der Waals surface area (Å²) >= 11 is 0. The van der Waals surface area contributed by atoms with Crippen LogP contribution in [0, 0.1) is 0 Å². The predicted molar refractivity (Wildman–Crippen MR) is 120 cm³/mol. The van der Waals surface area contributed by atoms with E-state index in [4.69, 9.17) is 4.74 Å². The molecular weight excluding hydrogens is 431 g/mol. The Morgan fingerprint density at radius 2 is 2.00 bits per heavy atom. The minimum atomic E-state index is -1.61. The summed E-state index contributed by atoms with van der Waals surface area (Å²) in [6.45, 7) is 4.82. The van der Waals surface area contributed by atoms with Crippen LogP contribution in [0.1, 0.15) is 40.3 Å². The molecule has 1 aromatic carbocycles. The second-order valence-corrected chi connectivity index (χ2v) is 8.82. The smallest absolute Gasteiger partial charge is 0.272 e. The number of nitrogens with one attached hydrogen (secondary N) is 2. The Kier molecular flexibility index (Phi) is 6.22. The van der Waals surface area contributed by atoms with Crippen LogP contribution in [0.3, 0.4) is 0 Å². The van der Waals surface area contributed by atoms with E-state index < -0.39 is 17.7 Å². The zero-order chi connectivity index (χ0) is 23.8. The molecule has 1 unspecified atom stereocenters. The first-order valence-corrected chi connectivity index (χ1v) is 10.8. The number of hydrogen-bond acceptors (Lipinski definition) is 6. The molecular formula is C23H27FN4O5. The molecule has 2 amide bonds. The van der Waals surface area contributed by atoms with Crippen molar-refractivity contribution in [3.8, 4) is 0 Å². The third-order valence-corrected chi connectivity index (χ3v) is 5.87. The van der Waals surface area contributed by atoms with Crippen LogP contribution in [0.25, 0.3) is 0 Å². The van der Waals surface area contributed by atoms with Crippen LogP contribution in [0.2, 0.25) is 0 Å². The van der Waals surface area contributed by atoms with Gasteiger partial charge >= 0.3 is 0 Å². The summed E-state index contributed by atoms with van der Waals surface area (Å²) in [5.74, 6) is -0.814. The number of H-pyrrole nitrogens is 1. The minimum Gasteiger partial charge on any atom is -0.387 e. The SMILES string of the molecule is CC(C)(O)C(F)CN1Cc2cc(NC(=O)c3cc(=O)cc[nH]3)c(N3CCOCC3)cc2C1=O. The van der Waals surface area contributed by atoms with E-state index >= 15 is 0 Å². The number of aliphatic hydroxyl groups is 1. The van der Waals surface area contributed by atoms with Gasteiger partial charge in [-0.2, -0.15) is 0 Å². The molecule has 0 aliphatic carbocycles. The molecule has 1 fully saturated rings. The molecule has 0 radical (unpaired) electrons. The van der Waals surface area contributed by atoms with E-state index in [1.807, 2.05) is 4.90 Å². The predicted octanol–water partition coefficient (Wildman–Crippen LogP) is 1.53. The number of aromatic amines is 1. The number of rotatable bonds is 6. The van der Waals surface area contributed by atoms with Gasteiger partial charge in [0.2, 0.25) is 0 Å². The van der Waals surface area contributed by atoms with Gasteiger partial charge in [0.25, 0.3) is 11.8 Å². The van der Waals surface area contributed by atoms with E-state index in [2.05, 4.69) is 10.3 Å². The molecule has 2 aliphatic rings. The Balaban J connectivity index is 1.66. The second kappa shape index (κ2) is 8.95. The number of hydrogen-bond donors (Lipinski definition) is 3. The van der Waals surface area contributed by atoms with Crippen molar-refractivity contribution in [3.05, 3.63) is 57.5 Å². The third-order valence-electron chi connectivity index (χ3n) is 5.87. The minimum absolute atomic E-state index is 0.110. The van der Waals surface area contributed by atoms with Crippen LogP contribution in [-0.2, 0) is 11.3 Å². The Hall–Kier alpha value is -3.24. The van der Waals surface area contributed by atoms with Gasteiger partial charge in [-0.15, -0.1) is 0 Å². The molecule has 176 valence electrons. The lowest BCUT2D eigenvalue weighted by atomic mass is 10.0. The molecule has 1 saturated heterocycles. The second-order valence-electron chi connectivity index (χ2n) is 8.82. The van der Waals surface area contributed by atoms with E-state index in [1.54, 1.807) is 12.1 Å². The number of anilines is 2. The van der Waals surface area contributed by atoms with Gasteiger partial charge in [0.15, 0.2) is 5.43 Å². The summed E-state index contributed by atoms with van der Waals surface area (Å²) in [6.07, 6.45) is -0.210. The Labute approximate surface area is 190 Å². The number of aromatic nitrogens is 1. The summed E-state index contributed by atoms with van der Waals surface area (Å²) in [4.78, 5) is 43.6. The van der Waals surface area contributed by atoms with Gasteiger partial charge in [0.05, 0.1) is 36.7 Å². The fraction of sp³-hybridized carbons (Fsp3) is 0.435. The summed E-state index contributed by atoms with van der Waals surface area (Å²) in [5.41, 5.74) is 0.466. The lowest BCUT2D eigenvalue weighted by Crippen LogP contribution is -2.42. The maximum atomic E-state index is 14.4.